The molecule has 8 rings (SSSR count). The predicted octanol–water partition coefficient (Wildman–Crippen LogP) is 5.29. The van der Waals surface area contributed by atoms with Crippen molar-refractivity contribution in [3.8, 4) is 17.6 Å². The number of aryl methyl sites for hydroxylation is 1. The van der Waals surface area contributed by atoms with Crippen LogP contribution in [0, 0.1) is 35.0 Å². The molecule has 3 aromatic rings. The number of fused-ring (bicyclic) bond motifs is 1. The number of ether oxygens (including phenoxy) is 2. The van der Waals surface area contributed by atoms with E-state index in [1.807, 2.05) is 40.7 Å². The lowest BCUT2D eigenvalue weighted by molar-refractivity contribution is -0.216. The number of rotatable bonds is 12. The first-order valence-electron chi connectivity index (χ1n) is 21.7. The van der Waals surface area contributed by atoms with Gasteiger partial charge in [-0.05, 0) is 87.9 Å². The van der Waals surface area contributed by atoms with Crippen LogP contribution in [0.4, 0.5) is 5.95 Å². The van der Waals surface area contributed by atoms with E-state index >= 15 is 0 Å². The summed E-state index contributed by atoms with van der Waals surface area (Å²) in [5.74, 6) is -0.332. The molecular weight excluding hydrogens is 789 g/mol. The van der Waals surface area contributed by atoms with Gasteiger partial charge in [0.05, 0.1) is 34.4 Å². The quantitative estimate of drug-likeness (QED) is 0.232. The summed E-state index contributed by atoms with van der Waals surface area (Å²) in [6.45, 7) is 16.8. The van der Waals surface area contributed by atoms with E-state index in [1.165, 1.54) is 17.3 Å². The minimum atomic E-state index is -1.12. The molecule has 4 heterocycles. The van der Waals surface area contributed by atoms with Crippen LogP contribution < -0.4 is 20.1 Å². The molecular formula is C47H56N8O7. The van der Waals surface area contributed by atoms with E-state index in [0.29, 0.717) is 46.6 Å². The largest absolute Gasteiger partial charge is 0.490 e. The Bertz CT molecular complexity index is 2330. The normalized spacial score (nSPS) is 25.7. The van der Waals surface area contributed by atoms with Crippen LogP contribution in [0.3, 0.4) is 0 Å². The molecule has 3 aliphatic heterocycles. The van der Waals surface area contributed by atoms with Crippen LogP contribution in [0.1, 0.15) is 122 Å². The lowest BCUT2D eigenvalue weighted by Gasteiger charge is -2.65. The van der Waals surface area contributed by atoms with E-state index in [4.69, 9.17) is 15.2 Å². The van der Waals surface area contributed by atoms with Crippen LogP contribution in [-0.4, -0.2) is 110 Å². The van der Waals surface area contributed by atoms with Gasteiger partial charge in [-0.1, -0.05) is 27.7 Å². The average Bonchev–Trinajstić information content (AvgIpc) is 3.46. The number of aromatic nitrogens is 2. The molecule has 0 radical (unpaired) electrons. The minimum absolute atomic E-state index is 0.0135. The first-order chi connectivity index (χ1) is 29.4. The summed E-state index contributed by atoms with van der Waals surface area (Å²) >= 11 is 0. The lowest BCUT2D eigenvalue weighted by atomic mass is 9.48. The summed E-state index contributed by atoms with van der Waals surface area (Å²) in [4.78, 5) is 83.1. The number of likely N-dealkylation sites (tertiary alicyclic amines) is 1. The van der Waals surface area contributed by atoms with Gasteiger partial charge in [0.2, 0.25) is 11.9 Å². The number of piperidine rings is 2. The highest BCUT2D eigenvalue weighted by Crippen LogP contribution is 2.58. The monoisotopic (exact) mass is 844 g/mol. The summed E-state index contributed by atoms with van der Waals surface area (Å²) in [5.41, 5.74) is 6.04. The van der Waals surface area contributed by atoms with Crippen LogP contribution >= 0.6 is 0 Å². The Morgan fingerprint density at radius 1 is 0.903 bits per heavy atom. The molecule has 2 aliphatic carbocycles. The molecule has 2 aromatic carbocycles. The van der Waals surface area contributed by atoms with Gasteiger partial charge < -0.3 is 20.1 Å². The van der Waals surface area contributed by atoms with Gasteiger partial charge in [-0.3, -0.25) is 38.7 Å². The number of carbonyl (C=O) groups excluding carboxylic acids is 5. The molecule has 5 amide bonds. The number of benzene rings is 2. The summed E-state index contributed by atoms with van der Waals surface area (Å²) in [6.07, 6.45) is 6.26. The van der Waals surface area contributed by atoms with Crippen molar-refractivity contribution < 1.29 is 33.4 Å². The van der Waals surface area contributed by atoms with Gasteiger partial charge in [0.15, 0.2) is 0 Å². The Balaban J connectivity index is 0.877. The molecule has 15 heteroatoms. The number of carbonyl (C=O) groups is 5. The Morgan fingerprint density at radius 3 is 2.15 bits per heavy atom. The zero-order chi connectivity index (χ0) is 44.4. The van der Waals surface area contributed by atoms with E-state index in [-0.39, 0.29) is 42.1 Å². The van der Waals surface area contributed by atoms with Crippen LogP contribution in [0.5, 0.6) is 11.5 Å². The molecule has 2 N–H and O–H groups in total. The molecule has 4 fully saturated rings. The van der Waals surface area contributed by atoms with Crippen LogP contribution in [0.25, 0.3) is 0 Å². The van der Waals surface area contributed by atoms with Crippen LogP contribution in [-0.2, 0) is 9.59 Å². The van der Waals surface area contributed by atoms with Crippen molar-refractivity contribution in [3.63, 3.8) is 0 Å². The molecule has 0 spiro atoms. The maximum Gasteiger partial charge on any atom is 0.262 e. The SMILES string of the molecule is Cc1cc(OC2C(C)(C)C(N3C(=O)CCC(N4C(=O)c5ccc(OC6CC(N(CC7CCN(c8ncc(C(N)=O)cn8)CC7)C(C)C)C6)cc5C4=O)C3=O)C2(C)C)ccc1C#N. The highest BCUT2D eigenvalue weighted by atomic mass is 16.5. The number of amides is 5. The molecule has 0 bridgehead atoms. The van der Waals surface area contributed by atoms with Gasteiger partial charge in [0.25, 0.3) is 23.6 Å². The molecule has 62 heavy (non-hydrogen) atoms. The van der Waals surface area contributed by atoms with Gasteiger partial charge in [-0.15, -0.1) is 0 Å². The van der Waals surface area contributed by atoms with Crippen molar-refractivity contribution in [1.29, 1.82) is 5.26 Å². The number of nitriles is 1. The fourth-order valence-electron chi connectivity index (χ4n) is 11.0. The number of nitrogens with zero attached hydrogens (tertiary/aromatic N) is 7. The molecule has 15 nitrogen and oxygen atoms in total. The average molecular weight is 845 g/mol. The van der Waals surface area contributed by atoms with Crippen molar-refractivity contribution in [2.45, 2.75) is 123 Å². The second-order valence-electron chi connectivity index (χ2n) is 19.2. The number of nitrogens with two attached hydrogens (primary N) is 1. The fourth-order valence-corrected chi connectivity index (χ4v) is 11.0. The van der Waals surface area contributed by atoms with Crippen molar-refractivity contribution in [1.82, 2.24) is 24.7 Å². The first kappa shape index (κ1) is 42.8. The van der Waals surface area contributed by atoms with E-state index < -0.39 is 46.5 Å². The van der Waals surface area contributed by atoms with Gasteiger partial charge in [-0.2, -0.15) is 5.26 Å². The van der Waals surface area contributed by atoms with E-state index in [2.05, 4.69) is 39.7 Å². The summed E-state index contributed by atoms with van der Waals surface area (Å²) in [7, 11) is 0. The molecule has 326 valence electrons. The Labute approximate surface area is 362 Å². The Hall–Kier alpha value is -5.88. The van der Waals surface area contributed by atoms with Gasteiger partial charge in [-0.25, -0.2) is 9.97 Å². The smallest absolute Gasteiger partial charge is 0.262 e. The molecule has 1 atom stereocenters. The first-order valence-corrected chi connectivity index (χ1v) is 21.7. The van der Waals surface area contributed by atoms with Crippen molar-refractivity contribution in [2.24, 2.45) is 22.5 Å². The number of anilines is 1. The van der Waals surface area contributed by atoms with E-state index in [0.717, 1.165) is 55.8 Å². The second kappa shape index (κ2) is 16.1. The third kappa shape index (κ3) is 7.46. The topological polar surface area (TPSA) is 192 Å². The lowest BCUT2D eigenvalue weighted by Crippen LogP contribution is -2.77. The van der Waals surface area contributed by atoms with Crippen molar-refractivity contribution in [2.75, 3.05) is 24.5 Å². The zero-order valence-corrected chi connectivity index (χ0v) is 36.6. The van der Waals surface area contributed by atoms with E-state index in [1.54, 1.807) is 30.3 Å². The number of hydrogen-bond donors (Lipinski definition) is 1. The zero-order valence-electron chi connectivity index (χ0n) is 36.6. The Kier molecular flexibility index (Phi) is 11.1. The molecule has 2 saturated carbocycles. The van der Waals surface area contributed by atoms with Crippen LogP contribution in [0.15, 0.2) is 48.8 Å². The standard InChI is InChI=1S/C47H56N8O7/c1-26(2)53(25-28-14-16-52(17-15-28)45-50-23-30(24-51-45)39(49)57)31-19-34(20-31)61-33-10-11-35-36(21-33)41(59)54(40(35)58)37-12-13-38(56)55(42(37)60)43-46(4,5)44(47(43,6)7)62-32-9-8-29(22-48)27(3)18-32/h8-11,18,21,23-24,26,28,31,34,37,43-44H,12-17,19-20,25H2,1-7H3,(H2,49,57). The molecule has 2 saturated heterocycles. The number of imide groups is 2. The molecule has 1 aromatic heterocycles. The third-order valence-electron chi connectivity index (χ3n) is 14.0. The van der Waals surface area contributed by atoms with Gasteiger partial charge in [0.1, 0.15) is 29.7 Å². The predicted molar refractivity (Wildman–Crippen MR) is 228 cm³/mol. The van der Waals surface area contributed by atoms with E-state index in [9.17, 15) is 29.2 Å². The molecule has 1 unspecified atom stereocenters. The van der Waals surface area contributed by atoms with Gasteiger partial charge in [0, 0.05) is 74.2 Å². The highest BCUT2D eigenvalue weighted by Gasteiger charge is 2.68. The summed E-state index contributed by atoms with van der Waals surface area (Å²) in [5, 5.41) is 9.37. The maximum absolute atomic E-state index is 14.4. The minimum Gasteiger partial charge on any atom is -0.490 e. The molecule has 5 aliphatic rings. The van der Waals surface area contributed by atoms with Gasteiger partial charge >= 0.3 is 0 Å². The fraction of sp³-hybridized carbons (Fsp3) is 0.532. The Morgan fingerprint density at radius 2 is 1.53 bits per heavy atom. The van der Waals surface area contributed by atoms with Crippen LogP contribution in [0.2, 0.25) is 0 Å². The second-order valence-corrected chi connectivity index (χ2v) is 19.2. The summed E-state index contributed by atoms with van der Waals surface area (Å²) < 4.78 is 12.9. The van der Waals surface area contributed by atoms with Crippen molar-refractivity contribution in [3.05, 3.63) is 76.6 Å². The summed E-state index contributed by atoms with van der Waals surface area (Å²) in [6, 6.07) is 11.4. The highest BCUT2D eigenvalue weighted by molar-refractivity contribution is 6.23. The third-order valence-corrected chi connectivity index (χ3v) is 14.0. The maximum atomic E-state index is 14.4. The number of hydrogen-bond acceptors (Lipinski definition) is 12. The number of primary amides is 1. The van der Waals surface area contributed by atoms with Crippen molar-refractivity contribution >= 4 is 35.5 Å².